The Morgan fingerprint density at radius 3 is 2.33 bits per heavy atom. The lowest BCUT2D eigenvalue weighted by atomic mass is 10.3. The second-order valence-electron chi connectivity index (χ2n) is 1.56. The molecule has 0 heterocycles. The number of hydrogen-bond donors (Lipinski definition) is 0. The fourth-order valence-corrected chi connectivity index (χ4v) is 0.437. The van der Waals surface area contributed by atoms with Gasteiger partial charge in [-0.2, -0.15) is 0 Å². The summed E-state index contributed by atoms with van der Waals surface area (Å²) in [5, 5.41) is 0. The van der Waals surface area contributed by atoms with E-state index in [-0.39, 0.29) is 29.0 Å². The molecule has 0 aromatic heterocycles. The van der Waals surface area contributed by atoms with E-state index in [1.807, 2.05) is 13.8 Å². The maximum absolute atomic E-state index is 10.4. The van der Waals surface area contributed by atoms with Crippen LogP contribution in [0.3, 0.4) is 0 Å². The Morgan fingerprint density at radius 1 is 1.44 bits per heavy atom. The number of ether oxygens (including phenoxy) is 1. The van der Waals surface area contributed by atoms with Crippen LogP contribution in [0.4, 0.5) is 0 Å². The Kier molecular flexibility index (Phi) is 10.9. The summed E-state index contributed by atoms with van der Waals surface area (Å²) in [5.74, 6) is -0.0880. The summed E-state index contributed by atoms with van der Waals surface area (Å²) >= 11 is 0. The minimum absolute atomic E-state index is 0. The zero-order valence-corrected chi connectivity index (χ0v) is 7.56. The lowest BCUT2D eigenvalue weighted by Crippen LogP contribution is -2.01. The minimum atomic E-state index is -0.0880. The predicted molar refractivity (Wildman–Crippen MR) is 37.3 cm³/mol. The van der Waals surface area contributed by atoms with Crippen LogP contribution >= 0.6 is 0 Å². The first-order valence-corrected chi connectivity index (χ1v) is 2.96. The van der Waals surface area contributed by atoms with Gasteiger partial charge in [-0.15, -0.1) is 0 Å². The van der Waals surface area contributed by atoms with Crippen LogP contribution in [0, 0.1) is 0 Å². The summed E-state index contributed by atoms with van der Waals surface area (Å²) in [4.78, 5) is 10.4. The summed E-state index contributed by atoms with van der Waals surface area (Å²) in [6.07, 6.45) is 1.42. The SMILES string of the molecule is CCCC(=O)OCC.[Mg]. The molecule has 0 spiro atoms. The molecular formula is C6H12MgO2. The summed E-state index contributed by atoms with van der Waals surface area (Å²) in [7, 11) is 0. The van der Waals surface area contributed by atoms with Gasteiger partial charge in [-0.25, -0.2) is 0 Å². The van der Waals surface area contributed by atoms with E-state index >= 15 is 0 Å². The smallest absolute Gasteiger partial charge is 0.305 e. The van der Waals surface area contributed by atoms with Crippen molar-refractivity contribution < 1.29 is 9.53 Å². The maximum Gasteiger partial charge on any atom is 0.305 e. The van der Waals surface area contributed by atoms with Gasteiger partial charge in [-0.05, 0) is 13.3 Å². The average Bonchev–Trinajstić information content (AvgIpc) is 1.68. The molecular weight excluding hydrogens is 128 g/mol. The Morgan fingerprint density at radius 2 is 2.00 bits per heavy atom. The van der Waals surface area contributed by atoms with E-state index in [2.05, 4.69) is 4.74 Å². The molecule has 0 bridgehead atoms. The van der Waals surface area contributed by atoms with Crippen molar-refractivity contribution in [2.75, 3.05) is 6.61 Å². The molecule has 0 aliphatic heterocycles. The molecule has 0 aliphatic carbocycles. The molecule has 0 N–H and O–H groups in total. The fourth-order valence-electron chi connectivity index (χ4n) is 0.437. The van der Waals surface area contributed by atoms with Crippen LogP contribution in [0.15, 0.2) is 0 Å². The highest BCUT2D eigenvalue weighted by Gasteiger charge is 1.95. The number of carbonyl (C=O) groups is 1. The third kappa shape index (κ3) is 8.24. The normalized spacial score (nSPS) is 7.78. The van der Waals surface area contributed by atoms with Gasteiger partial charge in [-0.3, -0.25) is 4.79 Å². The van der Waals surface area contributed by atoms with Gasteiger partial charge in [0.25, 0.3) is 0 Å². The van der Waals surface area contributed by atoms with Gasteiger partial charge in [0, 0.05) is 29.5 Å². The van der Waals surface area contributed by atoms with Crippen molar-refractivity contribution in [3.63, 3.8) is 0 Å². The highest BCUT2D eigenvalue weighted by Crippen LogP contribution is 1.89. The van der Waals surface area contributed by atoms with E-state index in [4.69, 9.17) is 0 Å². The van der Waals surface area contributed by atoms with Crippen molar-refractivity contribution >= 4 is 29.0 Å². The molecule has 9 heavy (non-hydrogen) atoms. The predicted octanol–water partition coefficient (Wildman–Crippen LogP) is 0.969. The van der Waals surface area contributed by atoms with Crippen LogP contribution < -0.4 is 0 Å². The van der Waals surface area contributed by atoms with Crippen LogP contribution in [0.5, 0.6) is 0 Å². The van der Waals surface area contributed by atoms with E-state index in [0.717, 1.165) is 6.42 Å². The van der Waals surface area contributed by atoms with E-state index in [0.29, 0.717) is 13.0 Å². The van der Waals surface area contributed by atoms with Crippen molar-refractivity contribution in [3.05, 3.63) is 0 Å². The largest absolute Gasteiger partial charge is 0.466 e. The van der Waals surface area contributed by atoms with Gasteiger partial charge in [0.1, 0.15) is 0 Å². The molecule has 2 radical (unpaired) electrons. The van der Waals surface area contributed by atoms with E-state index in [1.54, 1.807) is 0 Å². The molecule has 0 aliphatic rings. The van der Waals surface area contributed by atoms with E-state index in [9.17, 15) is 4.79 Å². The van der Waals surface area contributed by atoms with Crippen molar-refractivity contribution in [1.29, 1.82) is 0 Å². The molecule has 0 aromatic carbocycles. The van der Waals surface area contributed by atoms with Gasteiger partial charge < -0.3 is 4.74 Å². The average molecular weight is 140 g/mol. The number of hydrogen-bond acceptors (Lipinski definition) is 2. The summed E-state index contributed by atoms with van der Waals surface area (Å²) < 4.78 is 4.64. The van der Waals surface area contributed by atoms with Crippen molar-refractivity contribution in [3.8, 4) is 0 Å². The minimum Gasteiger partial charge on any atom is -0.466 e. The Hall–Kier alpha value is 0.236. The Bertz CT molecular complexity index is 65.5. The Labute approximate surface area is 72.1 Å². The van der Waals surface area contributed by atoms with Crippen molar-refractivity contribution in [1.82, 2.24) is 0 Å². The van der Waals surface area contributed by atoms with E-state index in [1.165, 1.54) is 0 Å². The molecule has 0 saturated carbocycles. The fraction of sp³-hybridized carbons (Fsp3) is 0.833. The van der Waals surface area contributed by atoms with Gasteiger partial charge in [0.05, 0.1) is 6.61 Å². The van der Waals surface area contributed by atoms with Crippen molar-refractivity contribution in [2.24, 2.45) is 0 Å². The first-order chi connectivity index (χ1) is 3.81. The lowest BCUT2D eigenvalue weighted by molar-refractivity contribution is -0.143. The number of carbonyl (C=O) groups excluding carboxylic acids is 1. The monoisotopic (exact) mass is 140 g/mol. The lowest BCUT2D eigenvalue weighted by Gasteiger charge is -1.96. The van der Waals surface area contributed by atoms with Gasteiger partial charge in [0.2, 0.25) is 0 Å². The maximum atomic E-state index is 10.4. The highest BCUT2D eigenvalue weighted by atomic mass is 24.3. The molecule has 0 unspecified atom stereocenters. The molecule has 0 aromatic rings. The molecule has 3 heteroatoms. The molecule has 50 valence electrons. The molecule has 0 fully saturated rings. The van der Waals surface area contributed by atoms with Crippen LogP contribution in [0.2, 0.25) is 0 Å². The van der Waals surface area contributed by atoms with Crippen LogP contribution in [0.1, 0.15) is 26.7 Å². The zero-order chi connectivity index (χ0) is 6.41. The van der Waals surface area contributed by atoms with Crippen LogP contribution in [-0.2, 0) is 9.53 Å². The summed E-state index contributed by atoms with van der Waals surface area (Å²) in [5.41, 5.74) is 0. The number of esters is 1. The highest BCUT2D eigenvalue weighted by molar-refractivity contribution is 5.75. The quantitative estimate of drug-likeness (QED) is 0.431. The van der Waals surface area contributed by atoms with Gasteiger partial charge in [-0.1, -0.05) is 6.92 Å². The standard InChI is InChI=1S/C6H12O2.Mg/c1-3-5-6(7)8-4-2;/h3-5H2,1-2H3;. The molecule has 0 rings (SSSR count). The van der Waals surface area contributed by atoms with Crippen LogP contribution in [-0.4, -0.2) is 35.6 Å². The second-order valence-corrected chi connectivity index (χ2v) is 1.56. The summed E-state index contributed by atoms with van der Waals surface area (Å²) in [6.45, 7) is 4.27. The van der Waals surface area contributed by atoms with E-state index < -0.39 is 0 Å². The number of rotatable bonds is 3. The second kappa shape index (κ2) is 8.24. The zero-order valence-electron chi connectivity index (χ0n) is 6.14. The molecule has 0 saturated heterocycles. The van der Waals surface area contributed by atoms with Gasteiger partial charge >= 0.3 is 5.97 Å². The van der Waals surface area contributed by atoms with Gasteiger partial charge in [0.15, 0.2) is 0 Å². The molecule has 0 atom stereocenters. The Balaban J connectivity index is 0. The van der Waals surface area contributed by atoms with Crippen molar-refractivity contribution in [2.45, 2.75) is 26.7 Å². The summed E-state index contributed by atoms with van der Waals surface area (Å²) in [6, 6.07) is 0. The third-order valence-electron chi connectivity index (χ3n) is 0.759. The van der Waals surface area contributed by atoms with Crippen LogP contribution in [0.25, 0.3) is 0 Å². The third-order valence-corrected chi connectivity index (χ3v) is 0.759. The molecule has 2 nitrogen and oxygen atoms in total. The topological polar surface area (TPSA) is 26.3 Å². The first kappa shape index (κ1) is 12.0. The molecule has 0 amide bonds. The first-order valence-electron chi connectivity index (χ1n) is 2.96.